The number of likely N-dealkylation sites (tertiary alicyclic amines) is 2. The van der Waals surface area contributed by atoms with Crippen molar-refractivity contribution in [3.05, 3.63) is 65.2 Å². The van der Waals surface area contributed by atoms with E-state index in [4.69, 9.17) is 4.74 Å². The number of benzene rings is 2. The summed E-state index contributed by atoms with van der Waals surface area (Å²) in [5, 5.41) is 0. The molecule has 4 rings (SSSR count). The summed E-state index contributed by atoms with van der Waals surface area (Å²) in [6, 6.07) is 16.1. The predicted octanol–water partition coefficient (Wildman–Crippen LogP) is 4.35. The zero-order valence-electron chi connectivity index (χ0n) is 19.1. The van der Waals surface area contributed by atoms with Crippen LogP contribution in [0.25, 0.3) is 0 Å². The van der Waals surface area contributed by atoms with Gasteiger partial charge in [0.25, 0.3) is 5.91 Å². The quantitative estimate of drug-likeness (QED) is 0.651. The molecular weight excluding hydrogens is 400 g/mol. The van der Waals surface area contributed by atoms with Gasteiger partial charge in [0.15, 0.2) is 0 Å². The van der Waals surface area contributed by atoms with Crippen LogP contribution in [0.2, 0.25) is 0 Å². The molecule has 0 aromatic heterocycles. The average molecular weight is 435 g/mol. The molecule has 2 aromatic carbocycles. The van der Waals surface area contributed by atoms with Gasteiger partial charge in [-0.25, -0.2) is 0 Å². The van der Waals surface area contributed by atoms with Crippen LogP contribution in [-0.2, 0) is 17.6 Å². The summed E-state index contributed by atoms with van der Waals surface area (Å²) in [6.07, 6.45) is 6.67. The van der Waals surface area contributed by atoms with Crippen LogP contribution in [0.1, 0.15) is 53.6 Å². The number of hydrogen-bond acceptors (Lipinski definition) is 3. The second kappa shape index (κ2) is 10.7. The van der Waals surface area contributed by atoms with Gasteiger partial charge >= 0.3 is 0 Å². The smallest absolute Gasteiger partial charge is 0.253 e. The summed E-state index contributed by atoms with van der Waals surface area (Å²) in [7, 11) is 1.66. The lowest BCUT2D eigenvalue weighted by molar-refractivity contribution is -0.132. The lowest BCUT2D eigenvalue weighted by Gasteiger charge is -2.32. The van der Waals surface area contributed by atoms with E-state index in [1.54, 1.807) is 7.11 Å². The molecule has 0 N–H and O–H groups in total. The van der Waals surface area contributed by atoms with Crippen molar-refractivity contribution in [2.75, 3.05) is 33.3 Å². The SMILES string of the molecule is COc1ccc(CCC(=O)N2CCC(Cc3ccc(C(=O)N4CCCC4)cc3)CC2)cc1. The van der Waals surface area contributed by atoms with Gasteiger partial charge in [0.2, 0.25) is 5.91 Å². The largest absolute Gasteiger partial charge is 0.497 e. The van der Waals surface area contributed by atoms with Crippen LogP contribution in [0.3, 0.4) is 0 Å². The van der Waals surface area contributed by atoms with Crippen molar-refractivity contribution in [2.45, 2.75) is 44.9 Å². The molecule has 5 nitrogen and oxygen atoms in total. The van der Waals surface area contributed by atoms with Gasteiger partial charge in [0.1, 0.15) is 5.75 Å². The minimum absolute atomic E-state index is 0.163. The van der Waals surface area contributed by atoms with E-state index in [2.05, 4.69) is 12.1 Å². The number of carbonyl (C=O) groups excluding carboxylic acids is 2. The van der Waals surface area contributed by atoms with Crippen LogP contribution in [0.5, 0.6) is 5.75 Å². The van der Waals surface area contributed by atoms with Crippen molar-refractivity contribution in [3.63, 3.8) is 0 Å². The second-order valence-electron chi connectivity index (χ2n) is 9.07. The maximum Gasteiger partial charge on any atom is 0.253 e. The van der Waals surface area contributed by atoms with E-state index in [1.165, 1.54) is 11.1 Å². The van der Waals surface area contributed by atoms with E-state index in [9.17, 15) is 9.59 Å². The Morgan fingerprint density at radius 3 is 2.09 bits per heavy atom. The van der Waals surface area contributed by atoms with E-state index in [0.717, 1.165) is 76.0 Å². The number of methoxy groups -OCH3 is 1. The first-order valence-electron chi connectivity index (χ1n) is 11.9. The van der Waals surface area contributed by atoms with Crippen molar-refractivity contribution >= 4 is 11.8 Å². The molecule has 2 fully saturated rings. The summed E-state index contributed by atoms with van der Waals surface area (Å²) >= 11 is 0. The van der Waals surface area contributed by atoms with Crippen LogP contribution >= 0.6 is 0 Å². The third-order valence-corrected chi connectivity index (χ3v) is 6.87. The number of amides is 2. The molecule has 170 valence electrons. The standard InChI is InChI=1S/C27H34N2O3/c1-32-25-11-6-21(7-12-25)8-13-26(30)28-18-14-23(15-19-28)20-22-4-9-24(10-5-22)27(31)29-16-2-3-17-29/h4-7,9-12,23H,2-3,8,13-20H2,1H3. The Bertz CT molecular complexity index is 894. The highest BCUT2D eigenvalue weighted by Crippen LogP contribution is 2.23. The van der Waals surface area contributed by atoms with Gasteiger partial charge in [-0.1, -0.05) is 24.3 Å². The fourth-order valence-electron chi connectivity index (χ4n) is 4.81. The molecule has 0 aliphatic carbocycles. The van der Waals surface area contributed by atoms with Crippen molar-refractivity contribution in [1.82, 2.24) is 9.80 Å². The average Bonchev–Trinajstić information content (AvgIpc) is 3.38. The summed E-state index contributed by atoms with van der Waals surface area (Å²) in [5.41, 5.74) is 3.25. The number of carbonyl (C=O) groups is 2. The number of piperidine rings is 1. The highest BCUT2D eigenvalue weighted by molar-refractivity contribution is 5.94. The molecule has 2 aromatic rings. The Morgan fingerprint density at radius 1 is 0.844 bits per heavy atom. The normalized spacial score (nSPS) is 16.9. The Labute approximate surface area is 191 Å². The highest BCUT2D eigenvalue weighted by Gasteiger charge is 2.23. The van der Waals surface area contributed by atoms with E-state index in [-0.39, 0.29) is 11.8 Å². The molecule has 0 unspecified atom stereocenters. The molecular formula is C27H34N2O3. The van der Waals surface area contributed by atoms with Gasteiger partial charge in [-0.2, -0.15) is 0 Å². The summed E-state index contributed by atoms with van der Waals surface area (Å²) in [6.45, 7) is 3.46. The van der Waals surface area contributed by atoms with Crippen molar-refractivity contribution < 1.29 is 14.3 Å². The lowest BCUT2D eigenvalue weighted by atomic mass is 9.89. The maximum atomic E-state index is 12.6. The van der Waals surface area contributed by atoms with E-state index < -0.39 is 0 Å². The van der Waals surface area contributed by atoms with Gasteiger partial charge in [-0.15, -0.1) is 0 Å². The Balaban J connectivity index is 1.20. The fraction of sp³-hybridized carbons (Fsp3) is 0.481. The van der Waals surface area contributed by atoms with Crippen molar-refractivity contribution in [1.29, 1.82) is 0 Å². The Morgan fingerprint density at radius 2 is 1.47 bits per heavy atom. The molecule has 0 saturated carbocycles. The highest BCUT2D eigenvalue weighted by atomic mass is 16.5. The molecule has 5 heteroatoms. The molecule has 2 aliphatic rings. The first-order chi connectivity index (χ1) is 15.6. The molecule has 0 spiro atoms. The third kappa shape index (κ3) is 5.70. The molecule has 0 bridgehead atoms. The van der Waals surface area contributed by atoms with E-state index in [0.29, 0.717) is 12.3 Å². The summed E-state index contributed by atoms with van der Waals surface area (Å²) in [5.74, 6) is 1.86. The van der Waals surface area contributed by atoms with Crippen LogP contribution < -0.4 is 4.74 Å². The first-order valence-corrected chi connectivity index (χ1v) is 11.9. The van der Waals surface area contributed by atoms with Gasteiger partial charge in [0, 0.05) is 38.2 Å². The Kier molecular flexibility index (Phi) is 7.46. The van der Waals surface area contributed by atoms with Gasteiger partial charge in [-0.3, -0.25) is 9.59 Å². The Hall–Kier alpha value is -2.82. The van der Waals surface area contributed by atoms with Crippen molar-refractivity contribution in [2.24, 2.45) is 5.92 Å². The zero-order chi connectivity index (χ0) is 22.3. The van der Waals surface area contributed by atoms with E-state index >= 15 is 0 Å². The molecule has 2 aliphatic heterocycles. The van der Waals surface area contributed by atoms with Crippen LogP contribution in [0.4, 0.5) is 0 Å². The molecule has 2 heterocycles. The molecule has 0 atom stereocenters. The summed E-state index contributed by atoms with van der Waals surface area (Å²) < 4.78 is 5.19. The van der Waals surface area contributed by atoms with Crippen LogP contribution in [0, 0.1) is 5.92 Å². The van der Waals surface area contributed by atoms with Crippen molar-refractivity contribution in [3.8, 4) is 5.75 Å². The number of ether oxygens (including phenoxy) is 1. The monoisotopic (exact) mass is 434 g/mol. The number of aryl methyl sites for hydroxylation is 1. The third-order valence-electron chi connectivity index (χ3n) is 6.87. The summed E-state index contributed by atoms with van der Waals surface area (Å²) in [4.78, 5) is 29.1. The van der Waals surface area contributed by atoms with Gasteiger partial charge in [0.05, 0.1) is 7.11 Å². The molecule has 2 amide bonds. The fourth-order valence-corrected chi connectivity index (χ4v) is 4.81. The van der Waals surface area contributed by atoms with Gasteiger partial charge in [-0.05, 0) is 79.8 Å². The lowest BCUT2D eigenvalue weighted by Crippen LogP contribution is -2.39. The number of hydrogen-bond donors (Lipinski definition) is 0. The number of nitrogens with zero attached hydrogens (tertiary/aromatic N) is 2. The van der Waals surface area contributed by atoms with Gasteiger partial charge < -0.3 is 14.5 Å². The minimum Gasteiger partial charge on any atom is -0.497 e. The minimum atomic E-state index is 0.163. The molecule has 2 saturated heterocycles. The topological polar surface area (TPSA) is 49.9 Å². The first kappa shape index (κ1) is 22.4. The second-order valence-corrected chi connectivity index (χ2v) is 9.07. The van der Waals surface area contributed by atoms with Crippen LogP contribution in [0.15, 0.2) is 48.5 Å². The number of rotatable bonds is 7. The zero-order valence-corrected chi connectivity index (χ0v) is 19.1. The van der Waals surface area contributed by atoms with E-state index in [1.807, 2.05) is 46.2 Å². The molecule has 0 radical (unpaired) electrons. The maximum absolute atomic E-state index is 12.6. The predicted molar refractivity (Wildman–Crippen MR) is 126 cm³/mol. The molecule has 32 heavy (non-hydrogen) atoms. The van der Waals surface area contributed by atoms with Crippen LogP contribution in [-0.4, -0.2) is 54.9 Å².